The first kappa shape index (κ1) is 22.3. The quantitative estimate of drug-likeness (QED) is 0.452. The molecule has 1 N–H and O–H groups in total. The van der Waals surface area contributed by atoms with E-state index >= 15 is 0 Å². The average Bonchev–Trinajstić information content (AvgIpc) is 3.13. The van der Waals surface area contributed by atoms with Gasteiger partial charge < -0.3 is 5.32 Å². The molecule has 0 saturated carbocycles. The zero-order valence-electron chi connectivity index (χ0n) is 17.4. The van der Waals surface area contributed by atoms with Gasteiger partial charge in [-0.25, -0.2) is 4.39 Å². The smallest absolute Gasteiger partial charge is 0.238 e. The largest absolute Gasteiger partial charge is 0.326 e. The Bertz CT molecular complexity index is 839. The molecule has 30 heavy (non-hydrogen) atoms. The summed E-state index contributed by atoms with van der Waals surface area (Å²) in [5.74, 6) is 0.110. The van der Waals surface area contributed by atoms with Crippen molar-refractivity contribution in [3.63, 3.8) is 0 Å². The molecule has 2 amide bonds. The molecule has 0 spiro atoms. The molecule has 0 bridgehead atoms. The van der Waals surface area contributed by atoms with Crippen molar-refractivity contribution in [3.8, 4) is 0 Å². The van der Waals surface area contributed by atoms with Crippen molar-refractivity contribution in [2.24, 2.45) is 0 Å². The van der Waals surface area contributed by atoms with Crippen LogP contribution in [-0.2, 0) is 9.59 Å². The number of hydrogen-bond donors (Lipinski definition) is 1. The van der Waals surface area contributed by atoms with Crippen LogP contribution in [0.25, 0.3) is 0 Å². The van der Waals surface area contributed by atoms with Gasteiger partial charge in [0.2, 0.25) is 11.8 Å². The predicted molar refractivity (Wildman–Crippen MR) is 122 cm³/mol. The van der Waals surface area contributed by atoms with Crippen LogP contribution in [0.3, 0.4) is 0 Å². The fraction of sp³-hybridized carbons (Fsp3) is 0.417. The van der Waals surface area contributed by atoms with Crippen LogP contribution in [0, 0.1) is 5.82 Å². The van der Waals surface area contributed by atoms with Crippen molar-refractivity contribution in [2.75, 3.05) is 16.0 Å². The van der Waals surface area contributed by atoms with Crippen molar-refractivity contribution in [1.82, 2.24) is 0 Å². The highest BCUT2D eigenvalue weighted by atomic mass is 32.2. The molecule has 0 unspecified atom stereocenters. The summed E-state index contributed by atoms with van der Waals surface area (Å²) in [6, 6.07) is 13.6. The van der Waals surface area contributed by atoms with E-state index in [0.717, 1.165) is 24.1 Å². The van der Waals surface area contributed by atoms with Crippen LogP contribution in [0.1, 0.15) is 62.8 Å². The molecule has 1 heterocycles. The lowest BCUT2D eigenvalue weighted by Gasteiger charge is -2.24. The molecule has 2 aromatic rings. The summed E-state index contributed by atoms with van der Waals surface area (Å²) in [6.07, 6.45) is 7.49. The van der Waals surface area contributed by atoms with Crippen LogP contribution in [0.4, 0.5) is 15.8 Å². The van der Waals surface area contributed by atoms with Gasteiger partial charge in [0.1, 0.15) is 11.2 Å². The molecule has 0 radical (unpaired) electrons. The van der Waals surface area contributed by atoms with E-state index in [0.29, 0.717) is 17.9 Å². The van der Waals surface area contributed by atoms with E-state index in [4.69, 9.17) is 0 Å². The monoisotopic (exact) mass is 428 g/mol. The van der Waals surface area contributed by atoms with E-state index in [1.165, 1.54) is 37.8 Å². The van der Waals surface area contributed by atoms with E-state index in [1.807, 2.05) is 24.3 Å². The number of anilines is 2. The molecule has 6 heteroatoms. The van der Waals surface area contributed by atoms with E-state index in [2.05, 4.69) is 12.2 Å². The Kier molecular flexibility index (Phi) is 8.31. The Balaban J connectivity index is 1.55. The Morgan fingerprint density at radius 3 is 2.40 bits per heavy atom. The first-order valence-corrected chi connectivity index (χ1v) is 11.7. The van der Waals surface area contributed by atoms with Crippen molar-refractivity contribution in [1.29, 1.82) is 0 Å². The van der Waals surface area contributed by atoms with Crippen LogP contribution in [0.2, 0.25) is 0 Å². The molecule has 0 aliphatic carbocycles. The Morgan fingerprint density at radius 1 is 1.03 bits per heavy atom. The molecule has 1 fully saturated rings. The van der Waals surface area contributed by atoms with Crippen molar-refractivity contribution >= 4 is 35.0 Å². The average molecular weight is 429 g/mol. The Hall–Kier alpha value is -2.34. The van der Waals surface area contributed by atoms with Gasteiger partial charge in [0.15, 0.2) is 0 Å². The number of thioether (sulfide) groups is 1. The van der Waals surface area contributed by atoms with E-state index in [-0.39, 0.29) is 23.0 Å². The fourth-order valence-electron chi connectivity index (χ4n) is 3.57. The van der Waals surface area contributed by atoms with E-state index in [9.17, 15) is 14.0 Å². The number of carbonyl (C=O) groups is 2. The number of amides is 2. The van der Waals surface area contributed by atoms with Gasteiger partial charge >= 0.3 is 0 Å². The maximum Gasteiger partial charge on any atom is 0.238 e. The third-order valence-corrected chi connectivity index (χ3v) is 6.42. The number of rotatable bonds is 10. The standard InChI is InChI=1S/C24H29FN2O2S/c1-2-3-4-5-6-7-8-22(28)26-20-13-9-18(10-14-20)24-27(23(29)17-30-24)21-15-11-19(25)12-16-21/h9-16,24H,2-8,17H2,1H3,(H,26,28)/t24-/m1/s1. The summed E-state index contributed by atoms with van der Waals surface area (Å²) in [5, 5.41) is 2.80. The minimum absolute atomic E-state index is 0.00734. The van der Waals surface area contributed by atoms with Gasteiger partial charge in [-0.15, -0.1) is 11.8 Å². The van der Waals surface area contributed by atoms with Crippen LogP contribution >= 0.6 is 11.8 Å². The van der Waals surface area contributed by atoms with Crippen LogP contribution in [0.5, 0.6) is 0 Å². The summed E-state index contributed by atoms with van der Waals surface area (Å²) in [7, 11) is 0. The van der Waals surface area contributed by atoms with Crippen molar-refractivity contribution < 1.29 is 14.0 Å². The number of unbranched alkanes of at least 4 members (excludes halogenated alkanes) is 5. The first-order chi connectivity index (χ1) is 14.6. The Morgan fingerprint density at radius 2 is 1.70 bits per heavy atom. The maximum absolute atomic E-state index is 13.2. The second kappa shape index (κ2) is 11.2. The minimum atomic E-state index is -0.323. The molecule has 1 aliphatic heterocycles. The minimum Gasteiger partial charge on any atom is -0.326 e. The number of nitrogens with one attached hydrogen (secondary N) is 1. The highest BCUT2D eigenvalue weighted by Crippen LogP contribution is 2.41. The summed E-state index contributed by atoms with van der Waals surface area (Å²) >= 11 is 1.54. The van der Waals surface area contributed by atoms with Crippen LogP contribution < -0.4 is 10.2 Å². The van der Waals surface area contributed by atoms with Gasteiger partial charge in [-0.05, 0) is 48.4 Å². The maximum atomic E-state index is 13.2. The predicted octanol–water partition coefficient (Wildman–Crippen LogP) is 6.29. The zero-order valence-corrected chi connectivity index (χ0v) is 18.2. The van der Waals surface area contributed by atoms with Gasteiger partial charge in [0.05, 0.1) is 5.75 Å². The molecule has 1 atom stereocenters. The second-order valence-corrected chi connectivity index (χ2v) is 8.66. The normalized spacial score (nSPS) is 16.1. The van der Waals surface area contributed by atoms with Gasteiger partial charge in [0, 0.05) is 17.8 Å². The molecule has 2 aromatic carbocycles. The molecule has 1 aliphatic rings. The molecule has 3 rings (SSSR count). The fourth-order valence-corrected chi connectivity index (χ4v) is 4.75. The number of carbonyl (C=O) groups excluding carboxylic acids is 2. The van der Waals surface area contributed by atoms with E-state index < -0.39 is 0 Å². The van der Waals surface area contributed by atoms with Crippen molar-refractivity contribution in [3.05, 3.63) is 59.9 Å². The Labute approximate surface area is 182 Å². The lowest BCUT2D eigenvalue weighted by Crippen LogP contribution is -2.27. The number of hydrogen-bond acceptors (Lipinski definition) is 3. The lowest BCUT2D eigenvalue weighted by molar-refractivity contribution is -0.116. The molecular formula is C24H29FN2O2S. The van der Waals surface area contributed by atoms with Gasteiger partial charge in [-0.1, -0.05) is 51.2 Å². The topological polar surface area (TPSA) is 49.4 Å². The van der Waals surface area contributed by atoms with Crippen molar-refractivity contribution in [2.45, 2.75) is 57.2 Å². The SMILES string of the molecule is CCCCCCCCC(=O)Nc1ccc([C@H]2SCC(=O)N2c2ccc(F)cc2)cc1. The second-order valence-electron chi connectivity index (χ2n) is 7.59. The van der Waals surface area contributed by atoms with Gasteiger partial charge in [0.25, 0.3) is 0 Å². The highest BCUT2D eigenvalue weighted by Gasteiger charge is 2.33. The van der Waals surface area contributed by atoms with Crippen LogP contribution in [-0.4, -0.2) is 17.6 Å². The summed E-state index contributed by atoms with van der Waals surface area (Å²) in [4.78, 5) is 26.2. The zero-order chi connectivity index (χ0) is 21.3. The van der Waals surface area contributed by atoms with Gasteiger partial charge in [-0.2, -0.15) is 0 Å². The van der Waals surface area contributed by atoms with Crippen LogP contribution in [0.15, 0.2) is 48.5 Å². The summed E-state index contributed by atoms with van der Waals surface area (Å²) in [5.41, 5.74) is 2.43. The molecule has 4 nitrogen and oxygen atoms in total. The molecule has 0 aromatic heterocycles. The van der Waals surface area contributed by atoms with E-state index in [1.54, 1.807) is 28.8 Å². The summed E-state index contributed by atoms with van der Waals surface area (Å²) in [6.45, 7) is 2.20. The van der Waals surface area contributed by atoms with Gasteiger partial charge in [-0.3, -0.25) is 14.5 Å². The number of benzene rings is 2. The molecule has 1 saturated heterocycles. The first-order valence-electron chi connectivity index (χ1n) is 10.7. The number of nitrogens with zero attached hydrogens (tertiary/aromatic N) is 1. The molecular weight excluding hydrogens is 399 g/mol. The lowest BCUT2D eigenvalue weighted by atomic mass is 10.1. The third-order valence-electron chi connectivity index (χ3n) is 5.21. The number of halogens is 1. The molecule has 160 valence electrons. The third kappa shape index (κ3) is 6.08. The summed E-state index contributed by atoms with van der Waals surface area (Å²) < 4.78 is 13.2. The highest BCUT2D eigenvalue weighted by molar-refractivity contribution is 8.00.